The SMILES string of the molecule is Cc1ccc2[nH]c(C(=O)N3CCCCC3)c(C)c2c1. The molecule has 0 spiro atoms. The fraction of sp³-hybridized carbons (Fsp3) is 0.438. The van der Waals surface area contributed by atoms with Gasteiger partial charge in [-0.25, -0.2) is 0 Å². The molecule has 3 rings (SSSR count). The van der Waals surface area contributed by atoms with Crippen molar-refractivity contribution in [2.45, 2.75) is 33.1 Å². The van der Waals surface area contributed by atoms with Crippen molar-refractivity contribution in [2.75, 3.05) is 13.1 Å². The summed E-state index contributed by atoms with van der Waals surface area (Å²) in [6.07, 6.45) is 3.50. The fourth-order valence-corrected chi connectivity index (χ4v) is 2.91. The molecule has 0 aliphatic carbocycles. The molecule has 19 heavy (non-hydrogen) atoms. The number of likely N-dealkylation sites (tertiary alicyclic amines) is 1. The molecule has 1 aromatic heterocycles. The normalized spacial score (nSPS) is 16.0. The van der Waals surface area contributed by atoms with Crippen LogP contribution in [0.1, 0.15) is 40.9 Å². The molecule has 3 nitrogen and oxygen atoms in total. The van der Waals surface area contributed by atoms with Crippen LogP contribution in [0.25, 0.3) is 10.9 Å². The third-order valence-corrected chi connectivity index (χ3v) is 4.07. The Bertz CT molecular complexity index is 621. The van der Waals surface area contributed by atoms with Crippen molar-refractivity contribution in [1.82, 2.24) is 9.88 Å². The van der Waals surface area contributed by atoms with E-state index in [1.807, 2.05) is 11.8 Å². The first-order valence-corrected chi connectivity index (χ1v) is 7.05. The first-order valence-electron chi connectivity index (χ1n) is 7.05. The van der Waals surface area contributed by atoms with Gasteiger partial charge in [-0.2, -0.15) is 0 Å². The zero-order chi connectivity index (χ0) is 13.4. The van der Waals surface area contributed by atoms with Crippen LogP contribution in [0, 0.1) is 13.8 Å². The number of nitrogens with zero attached hydrogens (tertiary/aromatic N) is 1. The van der Waals surface area contributed by atoms with Gasteiger partial charge in [0.1, 0.15) is 5.69 Å². The van der Waals surface area contributed by atoms with Gasteiger partial charge >= 0.3 is 0 Å². The summed E-state index contributed by atoms with van der Waals surface area (Å²) in [5.74, 6) is 0.158. The lowest BCUT2D eigenvalue weighted by Gasteiger charge is -2.26. The van der Waals surface area contributed by atoms with Gasteiger partial charge in [-0.15, -0.1) is 0 Å². The van der Waals surface area contributed by atoms with E-state index in [1.54, 1.807) is 0 Å². The largest absolute Gasteiger partial charge is 0.350 e. The number of aryl methyl sites for hydroxylation is 2. The minimum absolute atomic E-state index is 0.158. The van der Waals surface area contributed by atoms with Crippen molar-refractivity contribution < 1.29 is 4.79 Å². The number of hydrogen-bond donors (Lipinski definition) is 1. The van der Waals surface area contributed by atoms with Crippen molar-refractivity contribution in [3.63, 3.8) is 0 Å². The number of H-pyrrole nitrogens is 1. The predicted octanol–water partition coefficient (Wildman–Crippen LogP) is 3.41. The topological polar surface area (TPSA) is 36.1 Å². The van der Waals surface area contributed by atoms with Gasteiger partial charge in [0, 0.05) is 24.0 Å². The van der Waals surface area contributed by atoms with Crippen LogP contribution in [0.2, 0.25) is 0 Å². The maximum Gasteiger partial charge on any atom is 0.270 e. The number of benzene rings is 1. The van der Waals surface area contributed by atoms with E-state index in [-0.39, 0.29) is 5.91 Å². The second-order valence-electron chi connectivity index (χ2n) is 5.53. The zero-order valence-electron chi connectivity index (χ0n) is 11.6. The third kappa shape index (κ3) is 2.14. The van der Waals surface area contributed by atoms with Gasteiger partial charge in [0.2, 0.25) is 0 Å². The highest BCUT2D eigenvalue weighted by Gasteiger charge is 2.22. The molecule has 1 aliphatic rings. The summed E-state index contributed by atoms with van der Waals surface area (Å²) in [7, 11) is 0. The number of carbonyl (C=O) groups is 1. The molecule has 2 aromatic rings. The first kappa shape index (κ1) is 12.3. The molecular formula is C16H20N2O. The van der Waals surface area contributed by atoms with E-state index < -0.39 is 0 Å². The van der Waals surface area contributed by atoms with Crippen LogP contribution in [-0.2, 0) is 0 Å². The molecule has 0 unspecified atom stereocenters. The van der Waals surface area contributed by atoms with Crippen molar-refractivity contribution in [3.8, 4) is 0 Å². The molecule has 1 fully saturated rings. The highest BCUT2D eigenvalue weighted by Crippen LogP contribution is 2.24. The van der Waals surface area contributed by atoms with E-state index in [0.717, 1.165) is 42.7 Å². The number of hydrogen-bond acceptors (Lipinski definition) is 1. The van der Waals surface area contributed by atoms with E-state index in [1.165, 1.54) is 17.4 Å². The number of nitrogens with one attached hydrogen (secondary N) is 1. The van der Waals surface area contributed by atoms with Gasteiger partial charge < -0.3 is 9.88 Å². The van der Waals surface area contributed by atoms with Gasteiger partial charge in [0.25, 0.3) is 5.91 Å². The van der Waals surface area contributed by atoms with E-state index >= 15 is 0 Å². The summed E-state index contributed by atoms with van der Waals surface area (Å²) in [6, 6.07) is 6.28. The Morgan fingerprint density at radius 2 is 1.89 bits per heavy atom. The van der Waals surface area contributed by atoms with E-state index in [0.29, 0.717) is 0 Å². The monoisotopic (exact) mass is 256 g/mol. The second-order valence-corrected chi connectivity index (χ2v) is 5.53. The van der Waals surface area contributed by atoms with Gasteiger partial charge in [0.15, 0.2) is 0 Å². The smallest absolute Gasteiger partial charge is 0.270 e. The Kier molecular flexibility index (Phi) is 3.05. The Morgan fingerprint density at radius 3 is 2.63 bits per heavy atom. The summed E-state index contributed by atoms with van der Waals surface area (Å²) in [5.41, 5.74) is 4.13. The number of piperidine rings is 1. The molecule has 2 heterocycles. The summed E-state index contributed by atoms with van der Waals surface area (Å²) >= 11 is 0. The van der Waals surface area contributed by atoms with Gasteiger partial charge in [-0.05, 0) is 50.8 Å². The summed E-state index contributed by atoms with van der Waals surface area (Å²) in [4.78, 5) is 17.8. The average molecular weight is 256 g/mol. The predicted molar refractivity (Wildman–Crippen MR) is 77.5 cm³/mol. The molecule has 1 aliphatic heterocycles. The fourth-order valence-electron chi connectivity index (χ4n) is 2.91. The van der Waals surface area contributed by atoms with Crippen LogP contribution in [-0.4, -0.2) is 28.9 Å². The van der Waals surface area contributed by atoms with E-state index in [2.05, 4.69) is 30.1 Å². The highest BCUT2D eigenvalue weighted by atomic mass is 16.2. The van der Waals surface area contributed by atoms with Crippen molar-refractivity contribution >= 4 is 16.8 Å². The molecule has 100 valence electrons. The highest BCUT2D eigenvalue weighted by molar-refractivity contribution is 6.01. The van der Waals surface area contributed by atoms with Crippen LogP contribution in [0.5, 0.6) is 0 Å². The number of aromatic amines is 1. The van der Waals surface area contributed by atoms with Gasteiger partial charge in [0.05, 0.1) is 0 Å². The molecule has 0 bridgehead atoms. The number of amides is 1. The quantitative estimate of drug-likeness (QED) is 0.834. The Labute approximate surface area is 113 Å². The molecule has 1 aromatic carbocycles. The number of aromatic nitrogens is 1. The molecule has 1 N–H and O–H groups in total. The summed E-state index contributed by atoms with van der Waals surface area (Å²) in [5, 5.41) is 1.17. The number of rotatable bonds is 1. The number of fused-ring (bicyclic) bond motifs is 1. The maximum atomic E-state index is 12.6. The van der Waals surface area contributed by atoms with Gasteiger partial charge in [-0.1, -0.05) is 11.6 Å². The van der Waals surface area contributed by atoms with E-state index in [9.17, 15) is 4.79 Å². The van der Waals surface area contributed by atoms with Crippen LogP contribution >= 0.6 is 0 Å². The van der Waals surface area contributed by atoms with Crippen molar-refractivity contribution in [2.24, 2.45) is 0 Å². The molecule has 1 saturated heterocycles. The Hall–Kier alpha value is -1.77. The standard InChI is InChI=1S/C16H20N2O/c1-11-6-7-14-13(10-11)12(2)15(17-14)16(19)18-8-4-3-5-9-18/h6-7,10,17H,3-5,8-9H2,1-2H3. The lowest BCUT2D eigenvalue weighted by Crippen LogP contribution is -2.36. The molecule has 0 radical (unpaired) electrons. The summed E-state index contributed by atoms with van der Waals surface area (Å²) < 4.78 is 0. The Morgan fingerprint density at radius 1 is 1.16 bits per heavy atom. The average Bonchev–Trinajstić information content (AvgIpc) is 2.76. The molecule has 0 atom stereocenters. The van der Waals surface area contributed by atoms with Gasteiger partial charge in [-0.3, -0.25) is 4.79 Å². The van der Waals surface area contributed by atoms with Crippen molar-refractivity contribution in [3.05, 3.63) is 35.0 Å². The van der Waals surface area contributed by atoms with Crippen LogP contribution < -0.4 is 0 Å². The Balaban J connectivity index is 2.00. The molecular weight excluding hydrogens is 236 g/mol. The lowest BCUT2D eigenvalue weighted by atomic mass is 10.1. The summed E-state index contributed by atoms with van der Waals surface area (Å²) in [6.45, 7) is 5.91. The minimum atomic E-state index is 0.158. The first-order chi connectivity index (χ1) is 9.16. The zero-order valence-corrected chi connectivity index (χ0v) is 11.6. The van der Waals surface area contributed by atoms with Crippen molar-refractivity contribution in [1.29, 1.82) is 0 Å². The van der Waals surface area contributed by atoms with Crippen LogP contribution in [0.15, 0.2) is 18.2 Å². The van der Waals surface area contributed by atoms with E-state index in [4.69, 9.17) is 0 Å². The molecule has 1 amide bonds. The lowest BCUT2D eigenvalue weighted by molar-refractivity contribution is 0.0718. The second kappa shape index (κ2) is 4.72. The maximum absolute atomic E-state index is 12.6. The molecule has 3 heteroatoms. The third-order valence-electron chi connectivity index (χ3n) is 4.07. The number of carbonyl (C=O) groups excluding carboxylic acids is 1. The molecule has 0 saturated carbocycles. The van der Waals surface area contributed by atoms with Crippen LogP contribution in [0.4, 0.5) is 0 Å². The van der Waals surface area contributed by atoms with Crippen LogP contribution in [0.3, 0.4) is 0 Å². The minimum Gasteiger partial charge on any atom is -0.350 e.